The highest BCUT2D eigenvalue weighted by Gasteiger charge is 2.32. The Kier molecular flexibility index (Phi) is 4.72. The number of hydrogen-bond acceptors (Lipinski definition) is 3. The van der Waals surface area contributed by atoms with E-state index in [1.165, 1.54) is 18.2 Å². The minimum Gasteiger partial charge on any atom is -0.405 e. The summed E-state index contributed by atoms with van der Waals surface area (Å²) in [5, 5.41) is 5.78. The van der Waals surface area contributed by atoms with E-state index in [1.807, 2.05) is 6.92 Å². The van der Waals surface area contributed by atoms with Crippen molar-refractivity contribution in [2.45, 2.75) is 19.8 Å². The molecule has 1 aromatic rings. The molecule has 2 N–H and O–H groups in total. The van der Waals surface area contributed by atoms with Crippen LogP contribution < -0.4 is 15.4 Å². The van der Waals surface area contributed by atoms with Gasteiger partial charge in [0, 0.05) is 18.7 Å². The first-order valence-corrected chi connectivity index (χ1v) is 6.69. The summed E-state index contributed by atoms with van der Waals surface area (Å²) in [7, 11) is 0. The normalized spacial score (nSPS) is 22.1. The lowest BCUT2D eigenvalue weighted by molar-refractivity contribution is -0.274. The van der Waals surface area contributed by atoms with Gasteiger partial charge in [0.05, 0.1) is 5.92 Å². The van der Waals surface area contributed by atoms with Crippen molar-refractivity contribution in [3.63, 3.8) is 0 Å². The number of ether oxygens (including phenoxy) is 1. The van der Waals surface area contributed by atoms with E-state index in [0.717, 1.165) is 6.54 Å². The van der Waals surface area contributed by atoms with Crippen LogP contribution >= 0.6 is 0 Å². The molecule has 1 fully saturated rings. The second-order valence-electron chi connectivity index (χ2n) is 5.12. The van der Waals surface area contributed by atoms with Gasteiger partial charge in [-0.2, -0.15) is 0 Å². The standard InChI is InChI=1S/C14H17F3N2O2/c1-9-6-18-8-11(9)13(20)19-7-10-4-2-3-5-12(10)21-14(15,16)17/h2-5,9,11,18H,6-8H2,1H3,(H,19,20)/t9-,11-/m1/s1. The average molecular weight is 302 g/mol. The van der Waals surface area contributed by atoms with Crippen LogP contribution in [-0.2, 0) is 11.3 Å². The average Bonchev–Trinajstić information content (AvgIpc) is 2.82. The highest BCUT2D eigenvalue weighted by Crippen LogP contribution is 2.26. The van der Waals surface area contributed by atoms with Crippen molar-refractivity contribution in [2.75, 3.05) is 13.1 Å². The Morgan fingerprint density at radius 3 is 2.71 bits per heavy atom. The van der Waals surface area contributed by atoms with Gasteiger partial charge < -0.3 is 15.4 Å². The Balaban J connectivity index is 1.98. The number of carbonyl (C=O) groups excluding carboxylic acids is 1. The summed E-state index contributed by atoms with van der Waals surface area (Å²) in [5.74, 6) is -0.385. The van der Waals surface area contributed by atoms with Gasteiger partial charge in [-0.05, 0) is 18.5 Å². The lowest BCUT2D eigenvalue weighted by atomic mass is 9.97. The quantitative estimate of drug-likeness (QED) is 0.895. The highest BCUT2D eigenvalue weighted by atomic mass is 19.4. The van der Waals surface area contributed by atoms with E-state index in [0.29, 0.717) is 12.1 Å². The van der Waals surface area contributed by atoms with Gasteiger partial charge in [0.15, 0.2) is 0 Å². The second-order valence-corrected chi connectivity index (χ2v) is 5.12. The molecule has 0 radical (unpaired) electrons. The van der Waals surface area contributed by atoms with Crippen LogP contribution in [0, 0.1) is 11.8 Å². The molecule has 0 aromatic heterocycles. The van der Waals surface area contributed by atoms with Gasteiger partial charge in [0.2, 0.25) is 5.91 Å². The van der Waals surface area contributed by atoms with E-state index in [2.05, 4.69) is 15.4 Å². The fourth-order valence-electron chi connectivity index (χ4n) is 2.35. The van der Waals surface area contributed by atoms with Gasteiger partial charge in [0.25, 0.3) is 0 Å². The van der Waals surface area contributed by atoms with Crippen molar-refractivity contribution < 1.29 is 22.7 Å². The summed E-state index contributed by atoms with van der Waals surface area (Å²) in [5.41, 5.74) is 0.293. The van der Waals surface area contributed by atoms with Gasteiger partial charge in [-0.25, -0.2) is 0 Å². The predicted molar refractivity (Wildman–Crippen MR) is 70.5 cm³/mol. The van der Waals surface area contributed by atoms with Crippen molar-refractivity contribution >= 4 is 5.91 Å². The number of rotatable bonds is 4. The molecule has 1 aliphatic heterocycles. The third kappa shape index (κ3) is 4.35. The smallest absolute Gasteiger partial charge is 0.405 e. The summed E-state index contributed by atoms with van der Waals surface area (Å²) in [6.45, 7) is 3.33. The number of benzene rings is 1. The van der Waals surface area contributed by atoms with Crippen LogP contribution in [0.15, 0.2) is 24.3 Å². The molecule has 0 bridgehead atoms. The predicted octanol–water partition coefficient (Wildman–Crippen LogP) is 2.06. The molecule has 7 heteroatoms. The van der Waals surface area contributed by atoms with Crippen molar-refractivity contribution in [3.05, 3.63) is 29.8 Å². The van der Waals surface area contributed by atoms with Crippen LogP contribution in [0.4, 0.5) is 13.2 Å². The largest absolute Gasteiger partial charge is 0.573 e. The fraction of sp³-hybridized carbons (Fsp3) is 0.500. The highest BCUT2D eigenvalue weighted by molar-refractivity contribution is 5.79. The van der Waals surface area contributed by atoms with Gasteiger partial charge in [-0.1, -0.05) is 25.1 Å². The molecule has 1 aliphatic rings. The number of carbonyl (C=O) groups is 1. The summed E-state index contributed by atoms with van der Waals surface area (Å²) < 4.78 is 40.8. The van der Waals surface area contributed by atoms with E-state index in [4.69, 9.17) is 0 Å². The SMILES string of the molecule is C[C@@H]1CNC[C@H]1C(=O)NCc1ccccc1OC(F)(F)F. The lowest BCUT2D eigenvalue weighted by Gasteiger charge is -2.16. The monoisotopic (exact) mass is 302 g/mol. The van der Waals surface area contributed by atoms with Crippen molar-refractivity contribution in [2.24, 2.45) is 11.8 Å². The van der Waals surface area contributed by atoms with E-state index < -0.39 is 6.36 Å². The zero-order chi connectivity index (χ0) is 15.5. The molecular weight excluding hydrogens is 285 g/mol. The number of alkyl halides is 3. The first kappa shape index (κ1) is 15.6. The topological polar surface area (TPSA) is 50.4 Å². The van der Waals surface area contributed by atoms with Gasteiger partial charge in [-0.3, -0.25) is 4.79 Å². The van der Waals surface area contributed by atoms with Crippen molar-refractivity contribution in [3.8, 4) is 5.75 Å². The maximum atomic E-state index is 12.3. The number of halogens is 3. The number of amides is 1. The number of nitrogens with one attached hydrogen (secondary N) is 2. The zero-order valence-electron chi connectivity index (χ0n) is 11.5. The molecule has 2 atom stereocenters. The Morgan fingerprint density at radius 2 is 2.10 bits per heavy atom. The van der Waals surface area contributed by atoms with Crippen LogP contribution in [0.1, 0.15) is 12.5 Å². The first-order chi connectivity index (χ1) is 9.87. The van der Waals surface area contributed by atoms with E-state index in [9.17, 15) is 18.0 Å². The molecular formula is C14H17F3N2O2. The molecule has 1 saturated heterocycles. The van der Waals surface area contributed by atoms with Gasteiger partial charge >= 0.3 is 6.36 Å². The van der Waals surface area contributed by atoms with Crippen LogP contribution in [-0.4, -0.2) is 25.4 Å². The lowest BCUT2D eigenvalue weighted by Crippen LogP contribution is -2.34. The van der Waals surface area contributed by atoms with Crippen molar-refractivity contribution in [1.29, 1.82) is 0 Å². The summed E-state index contributed by atoms with van der Waals surface area (Å²) >= 11 is 0. The number of para-hydroxylation sites is 1. The minimum absolute atomic E-state index is 0.00824. The third-order valence-electron chi connectivity index (χ3n) is 3.51. The molecule has 0 aliphatic carbocycles. The molecule has 1 aromatic carbocycles. The third-order valence-corrected chi connectivity index (χ3v) is 3.51. The maximum Gasteiger partial charge on any atom is 0.573 e. The molecule has 0 saturated carbocycles. The summed E-state index contributed by atoms with van der Waals surface area (Å²) in [4.78, 5) is 12.0. The molecule has 1 amide bonds. The van der Waals surface area contributed by atoms with Crippen LogP contribution in [0.25, 0.3) is 0 Å². The van der Waals surface area contributed by atoms with E-state index >= 15 is 0 Å². The Morgan fingerprint density at radius 1 is 1.38 bits per heavy atom. The van der Waals surface area contributed by atoms with Gasteiger partial charge in [0.1, 0.15) is 5.75 Å². The van der Waals surface area contributed by atoms with Crippen molar-refractivity contribution in [1.82, 2.24) is 10.6 Å². The second kappa shape index (κ2) is 6.34. The Bertz CT molecular complexity index is 505. The maximum absolute atomic E-state index is 12.3. The Hall–Kier alpha value is -1.76. The molecule has 4 nitrogen and oxygen atoms in total. The molecule has 0 unspecified atom stereocenters. The molecule has 1 heterocycles. The molecule has 116 valence electrons. The van der Waals surface area contributed by atoms with E-state index in [-0.39, 0.29) is 30.0 Å². The van der Waals surface area contributed by atoms with Crippen LogP contribution in [0.5, 0.6) is 5.75 Å². The van der Waals surface area contributed by atoms with E-state index in [1.54, 1.807) is 6.07 Å². The fourth-order valence-corrected chi connectivity index (χ4v) is 2.35. The Labute approximate surface area is 120 Å². The number of hydrogen-bond donors (Lipinski definition) is 2. The van der Waals surface area contributed by atoms with Gasteiger partial charge in [-0.15, -0.1) is 13.2 Å². The molecule has 0 spiro atoms. The zero-order valence-corrected chi connectivity index (χ0v) is 11.5. The van der Waals surface area contributed by atoms with Crippen LogP contribution in [0.2, 0.25) is 0 Å². The molecule has 21 heavy (non-hydrogen) atoms. The first-order valence-electron chi connectivity index (χ1n) is 6.69. The van der Waals surface area contributed by atoms with Crippen LogP contribution in [0.3, 0.4) is 0 Å². The molecule has 2 rings (SSSR count). The minimum atomic E-state index is -4.75. The summed E-state index contributed by atoms with van der Waals surface area (Å²) in [6, 6.07) is 5.78. The summed E-state index contributed by atoms with van der Waals surface area (Å²) in [6.07, 6.45) is -4.75.